The number of hydrogen-bond donors (Lipinski definition) is 3. The molecule has 0 aromatic heterocycles. The van der Waals surface area contributed by atoms with Crippen molar-refractivity contribution in [2.24, 2.45) is 0 Å². The second-order valence-corrected chi connectivity index (χ2v) is 6.28. The molecule has 3 N–H and O–H groups in total. The van der Waals surface area contributed by atoms with Gasteiger partial charge >= 0.3 is 6.03 Å². The van der Waals surface area contributed by atoms with Crippen LogP contribution in [0.3, 0.4) is 0 Å². The molecule has 0 radical (unpaired) electrons. The molecule has 26 heavy (non-hydrogen) atoms. The summed E-state index contributed by atoms with van der Waals surface area (Å²) in [5, 5.41) is 19.6. The van der Waals surface area contributed by atoms with Gasteiger partial charge in [-0.15, -0.1) is 0 Å². The molecule has 2 aromatic rings. The number of nitrogens with zero attached hydrogens (tertiary/aromatic N) is 1. The molecule has 2 amide bonds. The number of hydrogen-bond acceptors (Lipinski definition) is 4. The standard InChI is InChI=1S/C18H19FN4O3/c1-11(20-16-10-13(19)4-9-17(16)23(25)26)12-2-5-14(6-3-12)21-18(24)22-15-7-8-15/h2-6,9-11,15,20H,7-8H2,1H3,(H2,21,22,24). The average molecular weight is 358 g/mol. The molecule has 0 spiro atoms. The van der Waals surface area contributed by atoms with Gasteiger partial charge in [-0.05, 0) is 43.5 Å². The maximum absolute atomic E-state index is 13.4. The smallest absolute Gasteiger partial charge is 0.319 e. The Hall–Kier alpha value is -3.16. The number of amides is 2. The van der Waals surface area contributed by atoms with Crippen LogP contribution in [0.5, 0.6) is 0 Å². The third-order valence-electron chi connectivity index (χ3n) is 4.11. The van der Waals surface area contributed by atoms with Crippen molar-refractivity contribution in [3.63, 3.8) is 0 Å². The molecule has 1 aliphatic carbocycles. The van der Waals surface area contributed by atoms with Gasteiger partial charge in [-0.2, -0.15) is 0 Å². The van der Waals surface area contributed by atoms with Crippen LogP contribution in [0.4, 0.5) is 26.2 Å². The van der Waals surface area contributed by atoms with E-state index in [1.54, 1.807) is 24.3 Å². The molecule has 1 saturated carbocycles. The first-order valence-corrected chi connectivity index (χ1v) is 8.30. The molecule has 2 aromatic carbocycles. The number of carbonyl (C=O) groups excluding carboxylic acids is 1. The zero-order chi connectivity index (χ0) is 18.7. The molecule has 1 atom stereocenters. The number of halogens is 1. The summed E-state index contributed by atoms with van der Waals surface area (Å²) < 4.78 is 13.4. The summed E-state index contributed by atoms with van der Waals surface area (Å²) >= 11 is 0. The van der Waals surface area contributed by atoms with Gasteiger partial charge in [-0.1, -0.05) is 12.1 Å². The van der Waals surface area contributed by atoms with E-state index in [9.17, 15) is 19.3 Å². The highest BCUT2D eigenvalue weighted by Gasteiger charge is 2.23. The maximum Gasteiger partial charge on any atom is 0.319 e. The maximum atomic E-state index is 13.4. The Balaban J connectivity index is 1.66. The van der Waals surface area contributed by atoms with Crippen LogP contribution in [0.2, 0.25) is 0 Å². The van der Waals surface area contributed by atoms with E-state index < -0.39 is 10.7 Å². The number of nitro groups is 1. The third-order valence-corrected chi connectivity index (χ3v) is 4.11. The molecular formula is C18H19FN4O3. The third kappa shape index (κ3) is 4.47. The SMILES string of the molecule is CC(Nc1cc(F)ccc1[N+](=O)[O-])c1ccc(NC(=O)NC2CC2)cc1. The lowest BCUT2D eigenvalue weighted by Gasteiger charge is -2.16. The van der Waals surface area contributed by atoms with E-state index in [1.165, 1.54) is 0 Å². The van der Waals surface area contributed by atoms with Crippen molar-refractivity contribution in [2.75, 3.05) is 10.6 Å². The van der Waals surface area contributed by atoms with Crippen LogP contribution in [-0.4, -0.2) is 17.0 Å². The van der Waals surface area contributed by atoms with E-state index in [2.05, 4.69) is 16.0 Å². The molecule has 0 saturated heterocycles. The van der Waals surface area contributed by atoms with Crippen molar-refractivity contribution in [1.29, 1.82) is 0 Å². The Bertz CT molecular complexity index is 822. The van der Waals surface area contributed by atoms with Crippen LogP contribution in [0, 0.1) is 15.9 Å². The lowest BCUT2D eigenvalue weighted by molar-refractivity contribution is -0.384. The van der Waals surface area contributed by atoms with Crippen molar-refractivity contribution >= 4 is 23.1 Å². The van der Waals surface area contributed by atoms with Gasteiger partial charge in [0.25, 0.3) is 5.69 Å². The highest BCUT2D eigenvalue weighted by molar-refractivity contribution is 5.89. The van der Waals surface area contributed by atoms with E-state index in [0.717, 1.165) is 36.6 Å². The van der Waals surface area contributed by atoms with Crippen molar-refractivity contribution in [2.45, 2.75) is 31.8 Å². The Morgan fingerprint density at radius 1 is 1.23 bits per heavy atom. The van der Waals surface area contributed by atoms with Gasteiger partial charge in [0.1, 0.15) is 11.5 Å². The highest BCUT2D eigenvalue weighted by atomic mass is 19.1. The molecule has 0 aliphatic heterocycles. The second-order valence-electron chi connectivity index (χ2n) is 6.28. The largest absolute Gasteiger partial charge is 0.373 e. The lowest BCUT2D eigenvalue weighted by atomic mass is 10.1. The molecule has 1 fully saturated rings. The van der Waals surface area contributed by atoms with E-state index >= 15 is 0 Å². The van der Waals surface area contributed by atoms with Crippen molar-refractivity contribution < 1.29 is 14.1 Å². The summed E-state index contributed by atoms with van der Waals surface area (Å²) in [5.74, 6) is -0.550. The van der Waals surface area contributed by atoms with Gasteiger partial charge in [-0.25, -0.2) is 9.18 Å². The number of benzene rings is 2. The van der Waals surface area contributed by atoms with Crippen LogP contribution in [-0.2, 0) is 0 Å². The molecule has 0 heterocycles. The summed E-state index contributed by atoms with van der Waals surface area (Å²) in [6.07, 6.45) is 2.03. The van der Waals surface area contributed by atoms with Crippen LogP contribution < -0.4 is 16.0 Å². The number of anilines is 2. The van der Waals surface area contributed by atoms with Crippen LogP contribution in [0.1, 0.15) is 31.4 Å². The topological polar surface area (TPSA) is 96.3 Å². The van der Waals surface area contributed by atoms with E-state index in [4.69, 9.17) is 0 Å². The predicted molar refractivity (Wildman–Crippen MR) is 96.7 cm³/mol. The normalized spacial score (nSPS) is 14.4. The summed E-state index contributed by atoms with van der Waals surface area (Å²) in [4.78, 5) is 22.2. The Labute approximate surface area is 149 Å². The number of nitrogens with one attached hydrogen (secondary N) is 3. The van der Waals surface area contributed by atoms with E-state index in [-0.39, 0.29) is 29.5 Å². The van der Waals surface area contributed by atoms with Crippen LogP contribution >= 0.6 is 0 Å². The van der Waals surface area contributed by atoms with E-state index in [1.807, 2.05) is 6.92 Å². The molecular weight excluding hydrogens is 339 g/mol. The van der Waals surface area contributed by atoms with Crippen LogP contribution in [0.15, 0.2) is 42.5 Å². The van der Waals surface area contributed by atoms with Gasteiger partial charge in [0.15, 0.2) is 0 Å². The summed E-state index contributed by atoms with van der Waals surface area (Å²) in [5.41, 5.74) is 1.43. The first kappa shape index (κ1) is 17.7. The average Bonchev–Trinajstić information content (AvgIpc) is 3.39. The van der Waals surface area contributed by atoms with Gasteiger partial charge in [-0.3, -0.25) is 10.1 Å². The fourth-order valence-electron chi connectivity index (χ4n) is 2.54. The van der Waals surface area contributed by atoms with Gasteiger partial charge < -0.3 is 16.0 Å². The quantitative estimate of drug-likeness (QED) is 0.533. The lowest BCUT2D eigenvalue weighted by Crippen LogP contribution is -2.30. The summed E-state index contributed by atoms with van der Waals surface area (Å²) in [6, 6.07) is 10.2. The van der Waals surface area contributed by atoms with Gasteiger partial charge in [0, 0.05) is 29.9 Å². The van der Waals surface area contributed by atoms with Gasteiger partial charge in [0.2, 0.25) is 0 Å². The molecule has 8 heteroatoms. The molecule has 136 valence electrons. The monoisotopic (exact) mass is 358 g/mol. The second kappa shape index (κ2) is 7.38. The minimum atomic E-state index is -0.556. The first-order chi connectivity index (χ1) is 12.4. The molecule has 7 nitrogen and oxygen atoms in total. The number of nitro benzene ring substituents is 1. The fraction of sp³-hybridized carbons (Fsp3) is 0.278. The zero-order valence-electron chi connectivity index (χ0n) is 14.2. The van der Waals surface area contributed by atoms with Crippen LogP contribution in [0.25, 0.3) is 0 Å². The minimum absolute atomic E-state index is 0.119. The van der Waals surface area contributed by atoms with Crippen molar-refractivity contribution in [3.05, 3.63) is 64.0 Å². The zero-order valence-corrected chi connectivity index (χ0v) is 14.2. The molecule has 1 aliphatic rings. The molecule has 1 unspecified atom stereocenters. The molecule has 0 bridgehead atoms. The number of urea groups is 1. The summed E-state index contributed by atoms with van der Waals surface area (Å²) in [7, 11) is 0. The first-order valence-electron chi connectivity index (χ1n) is 8.30. The van der Waals surface area contributed by atoms with E-state index in [0.29, 0.717) is 5.69 Å². The molecule has 3 rings (SSSR count). The van der Waals surface area contributed by atoms with Gasteiger partial charge in [0.05, 0.1) is 4.92 Å². The Morgan fingerprint density at radius 2 is 1.92 bits per heavy atom. The van der Waals surface area contributed by atoms with Crippen molar-refractivity contribution in [3.8, 4) is 0 Å². The fourth-order valence-corrected chi connectivity index (χ4v) is 2.54. The Kier molecular flexibility index (Phi) is 5.01. The highest BCUT2D eigenvalue weighted by Crippen LogP contribution is 2.29. The Morgan fingerprint density at radius 3 is 2.54 bits per heavy atom. The number of rotatable bonds is 6. The van der Waals surface area contributed by atoms with Crippen molar-refractivity contribution in [1.82, 2.24) is 5.32 Å². The minimum Gasteiger partial charge on any atom is -0.373 e. The number of carbonyl (C=O) groups is 1. The predicted octanol–water partition coefficient (Wildman–Crippen LogP) is 4.19. The summed E-state index contributed by atoms with van der Waals surface area (Å²) in [6.45, 7) is 1.82.